The van der Waals surface area contributed by atoms with Crippen molar-refractivity contribution in [2.24, 2.45) is 0 Å². The topological polar surface area (TPSA) is 49.7 Å². The molecule has 0 saturated heterocycles. The van der Waals surface area contributed by atoms with Crippen LogP contribution in [0.25, 0.3) is 0 Å². The van der Waals surface area contributed by atoms with Gasteiger partial charge in [-0.2, -0.15) is 0 Å². The number of ether oxygens (including phenoxy) is 1. The number of aryl methyl sites for hydroxylation is 1. The summed E-state index contributed by atoms with van der Waals surface area (Å²) >= 11 is 0. The Morgan fingerprint density at radius 3 is 2.52 bits per heavy atom. The van der Waals surface area contributed by atoms with Crippen molar-refractivity contribution >= 4 is 0 Å². The van der Waals surface area contributed by atoms with Gasteiger partial charge in [-0.1, -0.05) is 36.9 Å². The number of aromatic hydroxyl groups is 2. The Bertz CT molecular complexity index is 672. The lowest BCUT2D eigenvalue weighted by Crippen LogP contribution is -1.99. The van der Waals surface area contributed by atoms with Crippen LogP contribution in [0.4, 0.5) is 0 Å². The maximum atomic E-state index is 10.2. The summed E-state index contributed by atoms with van der Waals surface area (Å²) in [6.07, 6.45) is 7.31. The van der Waals surface area contributed by atoms with Gasteiger partial charge in [0.25, 0.3) is 0 Å². The first-order valence-corrected chi connectivity index (χ1v) is 7.58. The Labute approximate surface area is 137 Å². The highest BCUT2D eigenvalue weighted by molar-refractivity contribution is 5.43. The molecule has 0 saturated carbocycles. The molecule has 0 radical (unpaired) electrons. The van der Waals surface area contributed by atoms with E-state index in [1.165, 1.54) is 0 Å². The number of benzene rings is 2. The lowest BCUT2D eigenvalue weighted by atomic mass is 9.91. The van der Waals surface area contributed by atoms with Gasteiger partial charge in [-0.25, -0.2) is 0 Å². The largest absolute Gasteiger partial charge is 0.508 e. The van der Waals surface area contributed by atoms with E-state index in [9.17, 15) is 10.2 Å². The zero-order chi connectivity index (χ0) is 16.7. The fourth-order valence-corrected chi connectivity index (χ4v) is 2.51. The van der Waals surface area contributed by atoms with E-state index in [0.29, 0.717) is 0 Å². The minimum Gasteiger partial charge on any atom is -0.508 e. The third-order valence-corrected chi connectivity index (χ3v) is 3.79. The molecule has 0 aromatic heterocycles. The van der Waals surface area contributed by atoms with Crippen LogP contribution in [-0.4, -0.2) is 17.3 Å². The molecule has 0 aliphatic rings. The molecule has 2 rings (SSSR count). The average Bonchev–Trinajstić information content (AvgIpc) is 2.57. The normalized spacial score (nSPS) is 12.2. The third kappa shape index (κ3) is 4.65. The molecule has 2 aromatic carbocycles. The quantitative estimate of drug-likeness (QED) is 0.737. The summed E-state index contributed by atoms with van der Waals surface area (Å²) < 4.78 is 5.26. The van der Waals surface area contributed by atoms with Crippen LogP contribution in [0.5, 0.6) is 17.2 Å². The highest BCUT2D eigenvalue weighted by atomic mass is 16.5. The molecule has 0 unspecified atom stereocenters. The van der Waals surface area contributed by atoms with Crippen LogP contribution in [0.2, 0.25) is 0 Å². The van der Waals surface area contributed by atoms with Gasteiger partial charge in [0.1, 0.15) is 17.2 Å². The summed E-state index contributed by atoms with van der Waals surface area (Å²) in [4.78, 5) is 0. The molecule has 3 nitrogen and oxygen atoms in total. The lowest BCUT2D eigenvalue weighted by Gasteiger charge is -2.16. The van der Waals surface area contributed by atoms with Crippen LogP contribution in [0.1, 0.15) is 23.5 Å². The maximum absolute atomic E-state index is 10.2. The van der Waals surface area contributed by atoms with Gasteiger partial charge in [0.15, 0.2) is 0 Å². The van der Waals surface area contributed by atoms with Crippen molar-refractivity contribution in [2.75, 3.05) is 7.11 Å². The molecule has 0 spiro atoms. The minimum atomic E-state index is 0.0527. The monoisotopic (exact) mass is 310 g/mol. The summed E-state index contributed by atoms with van der Waals surface area (Å²) in [5, 5.41) is 19.5. The number of methoxy groups -OCH3 is 1. The summed E-state index contributed by atoms with van der Waals surface area (Å²) in [6, 6.07) is 12.5. The van der Waals surface area contributed by atoms with Crippen molar-refractivity contribution in [3.8, 4) is 17.2 Å². The highest BCUT2D eigenvalue weighted by Gasteiger charge is 2.14. The van der Waals surface area contributed by atoms with E-state index in [1.807, 2.05) is 30.4 Å². The molecule has 2 aromatic rings. The van der Waals surface area contributed by atoms with E-state index < -0.39 is 0 Å². The Morgan fingerprint density at radius 2 is 1.87 bits per heavy atom. The van der Waals surface area contributed by atoms with Crippen molar-refractivity contribution < 1.29 is 14.9 Å². The van der Waals surface area contributed by atoms with Crippen molar-refractivity contribution in [1.29, 1.82) is 0 Å². The zero-order valence-corrected chi connectivity index (χ0v) is 13.3. The standard InChI is InChI=1S/C20H22O3/c1-3-4-5-16(9-6-15-7-10-17(21)11-8-15)19-14-18(23-2)12-13-20(19)22/h3-5,7-8,10-14,16,21-22H,1,6,9H2,2H3/b5-4+/t16-/m0/s1. The highest BCUT2D eigenvalue weighted by Crippen LogP contribution is 2.33. The molecule has 2 N–H and O–H groups in total. The fraction of sp³-hybridized carbons (Fsp3) is 0.200. The van der Waals surface area contributed by atoms with Crippen molar-refractivity contribution in [3.63, 3.8) is 0 Å². The number of rotatable bonds is 7. The molecule has 0 heterocycles. The van der Waals surface area contributed by atoms with Crippen molar-refractivity contribution in [3.05, 3.63) is 78.4 Å². The Morgan fingerprint density at radius 1 is 1.13 bits per heavy atom. The van der Waals surface area contributed by atoms with Gasteiger partial charge in [0.2, 0.25) is 0 Å². The number of hydrogen-bond donors (Lipinski definition) is 2. The molecule has 0 bridgehead atoms. The maximum Gasteiger partial charge on any atom is 0.119 e. The molecule has 3 heteroatoms. The van der Waals surface area contributed by atoms with Gasteiger partial charge in [-0.3, -0.25) is 0 Å². The van der Waals surface area contributed by atoms with E-state index in [4.69, 9.17) is 4.74 Å². The van der Waals surface area contributed by atoms with Gasteiger partial charge in [0, 0.05) is 11.5 Å². The molecule has 0 fully saturated rings. The van der Waals surface area contributed by atoms with Gasteiger partial charge in [-0.15, -0.1) is 0 Å². The predicted octanol–water partition coefficient (Wildman–Crippen LogP) is 4.57. The van der Waals surface area contributed by atoms with Crippen molar-refractivity contribution in [2.45, 2.75) is 18.8 Å². The van der Waals surface area contributed by atoms with E-state index in [2.05, 4.69) is 6.58 Å². The molecule has 0 amide bonds. The van der Waals surface area contributed by atoms with Crippen LogP contribution in [0, 0.1) is 0 Å². The van der Waals surface area contributed by atoms with Crippen LogP contribution < -0.4 is 4.74 Å². The molecular formula is C20H22O3. The second-order valence-corrected chi connectivity index (χ2v) is 5.36. The van der Waals surface area contributed by atoms with Gasteiger partial charge in [0.05, 0.1) is 7.11 Å². The zero-order valence-electron chi connectivity index (χ0n) is 13.3. The molecular weight excluding hydrogens is 288 g/mol. The summed E-state index contributed by atoms with van der Waals surface area (Å²) in [7, 11) is 1.61. The number of phenols is 2. The summed E-state index contributed by atoms with van der Waals surface area (Å²) in [5.74, 6) is 1.30. The first-order chi connectivity index (χ1) is 11.1. The van der Waals surface area contributed by atoms with E-state index >= 15 is 0 Å². The Kier molecular flexibility index (Phi) is 5.87. The lowest BCUT2D eigenvalue weighted by molar-refractivity contribution is 0.410. The minimum absolute atomic E-state index is 0.0527. The SMILES string of the molecule is C=C/C=C/[C@@H](CCc1ccc(O)cc1)c1cc(OC)ccc1O. The summed E-state index contributed by atoms with van der Waals surface area (Å²) in [5.41, 5.74) is 1.98. The second-order valence-electron chi connectivity index (χ2n) is 5.36. The van der Waals surface area contributed by atoms with Crippen LogP contribution in [-0.2, 0) is 6.42 Å². The van der Waals surface area contributed by atoms with Crippen LogP contribution >= 0.6 is 0 Å². The molecule has 23 heavy (non-hydrogen) atoms. The van der Waals surface area contributed by atoms with Crippen LogP contribution in [0.15, 0.2) is 67.3 Å². The first-order valence-electron chi connectivity index (χ1n) is 7.58. The fourth-order valence-electron chi connectivity index (χ4n) is 2.51. The third-order valence-electron chi connectivity index (χ3n) is 3.79. The molecule has 0 aliphatic carbocycles. The number of phenolic OH excluding ortho intramolecular Hbond substituents is 2. The van der Waals surface area contributed by atoms with Crippen LogP contribution in [0.3, 0.4) is 0 Å². The van der Waals surface area contributed by atoms with E-state index in [-0.39, 0.29) is 17.4 Å². The smallest absolute Gasteiger partial charge is 0.119 e. The van der Waals surface area contributed by atoms with Gasteiger partial charge >= 0.3 is 0 Å². The second kappa shape index (κ2) is 8.08. The van der Waals surface area contributed by atoms with E-state index in [1.54, 1.807) is 37.5 Å². The molecule has 120 valence electrons. The van der Waals surface area contributed by atoms with Gasteiger partial charge in [-0.05, 0) is 48.7 Å². The molecule has 0 aliphatic heterocycles. The van der Waals surface area contributed by atoms with Gasteiger partial charge < -0.3 is 14.9 Å². The number of allylic oxidation sites excluding steroid dienone is 3. The average molecular weight is 310 g/mol. The Balaban J connectivity index is 2.21. The number of hydrogen-bond acceptors (Lipinski definition) is 3. The van der Waals surface area contributed by atoms with E-state index in [0.717, 1.165) is 29.7 Å². The summed E-state index contributed by atoms with van der Waals surface area (Å²) in [6.45, 7) is 3.71. The molecule has 1 atom stereocenters. The Hall–Kier alpha value is -2.68. The van der Waals surface area contributed by atoms with Crippen molar-refractivity contribution in [1.82, 2.24) is 0 Å². The first kappa shape index (κ1) is 16.7. The predicted molar refractivity (Wildman–Crippen MR) is 93.2 cm³/mol.